The monoisotopic (exact) mass is 412 g/mol. The number of halogens is 3. The van der Waals surface area contributed by atoms with Gasteiger partial charge in [-0.2, -0.15) is 13.2 Å². The van der Waals surface area contributed by atoms with Crippen LogP contribution in [0, 0.1) is 0 Å². The lowest BCUT2D eigenvalue weighted by Gasteiger charge is -2.25. The number of anilines is 1. The zero-order valence-corrected chi connectivity index (χ0v) is 16.1. The summed E-state index contributed by atoms with van der Waals surface area (Å²) in [7, 11) is 3.00. The summed E-state index contributed by atoms with van der Waals surface area (Å²) in [6, 6.07) is 9.65. The van der Waals surface area contributed by atoms with Crippen LogP contribution >= 0.6 is 11.8 Å². The van der Waals surface area contributed by atoms with Crippen molar-refractivity contribution in [2.24, 2.45) is 0 Å². The van der Waals surface area contributed by atoms with Crippen LogP contribution in [-0.2, 0) is 6.18 Å². The van der Waals surface area contributed by atoms with Crippen LogP contribution in [0.25, 0.3) is 0 Å². The van der Waals surface area contributed by atoms with Gasteiger partial charge in [0.15, 0.2) is 0 Å². The molecule has 0 spiro atoms. The molecule has 0 unspecified atom stereocenters. The normalized spacial score (nSPS) is 16.8. The van der Waals surface area contributed by atoms with E-state index in [0.29, 0.717) is 35.0 Å². The molecule has 1 heterocycles. The Morgan fingerprint density at radius 3 is 2.64 bits per heavy atom. The summed E-state index contributed by atoms with van der Waals surface area (Å²) in [5, 5.41) is 2.28. The molecule has 2 aromatic rings. The van der Waals surface area contributed by atoms with Gasteiger partial charge in [0, 0.05) is 18.4 Å². The number of alkyl halides is 3. The maximum Gasteiger partial charge on any atom is 0.416 e. The number of amides is 2. The number of benzene rings is 2. The lowest BCUT2D eigenvalue weighted by atomic mass is 10.1. The fourth-order valence-corrected chi connectivity index (χ4v) is 4.16. The van der Waals surface area contributed by atoms with Crippen LogP contribution < -0.4 is 14.8 Å². The largest absolute Gasteiger partial charge is 0.497 e. The molecule has 2 aromatic carbocycles. The minimum absolute atomic E-state index is 0.407. The van der Waals surface area contributed by atoms with Gasteiger partial charge in [0.05, 0.1) is 25.5 Å². The van der Waals surface area contributed by atoms with Crippen molar-refractivity contribution in [1.29, 1.82) is 0 Å². The van der Waals surface area contributed by atoms with Crippen molar-refractivity contribution in [2.45, 2.75) is 11.6 Å². The van der Waals surface area contributed by atoms with Gasteiger partial charge in [0.1, 0.15) is 16.9 Å². The van der Waals surface area contributed by atoms with E-state index < -0.39 is 23.1 Å². The molecule has 1 saturated heterocycles. The summed E-state index contributed by atoms with van der Waals surface area (Å²) in [5.74, 6) is 1.64. The van der Waals surface area contributed by atoms with Crippen molar-refractivity contribution in [2.75, 3.05) is 31.8 Å². The standard InChI is InChI=1S/C19H19F3N2O3S/c1-26-14-6-7-15(16(11-14)27-2)23-18(25)24-8-9-28-17(24)12-4-3-5-13(10-12)19(20,21)22/h3-7,10-11,17H,8-9H2,1-2H3,(H,23,25)/t17-/m0/s1. The summed E-state index contributed by atoms with van der Waals surface area (Å²) < 4.78 is 49.5. The highest BCUT2D eigenvalue weighted by Crippen LogP contribution is 2.40. The van der Waals surface area contributed by atoms with Crippen molar-refractivity contribution in [1.82, 2.24) is 4.90 Å². The molecule has 0 radical (unpaired) electrons. The summed E-state index contributed by atoms with van der Waals surface area (Å²) >= 11 is 1.42. The van der Waals surface area contributed by atoms with Gasteiger partial charge < -0.3 is 19.7 Å². The minimum Gasteiger partial charge on any atom is -0.497 e. The summed E-state index contributed by atoms with van der Waals surface area (Å²) in [6.45, 7) is 0.426. The van der Waals surface area contributed by atoms with Crippen molar-refractivity contribution < 1.29 is 27.4 Å². The van der Waals surface area contributed by atoms with Crippen LogP contribution in [0.5, 0.6) is 11.5 Å². The molecule has 0 aliphatic carbocycles. The molecule has 0 saturated carbocycles. The van der Waals surface area contributed by atoms with E-state index in [2.05, 4.69) is 5.32 Å². The second kappa shape index (κ2) is 8.22. The second-order valence-electron chi connectivity index (χ2n) is 6.04. The molecule has 1 aliphatic heterocycles. The van der Waals surface area contributed by atoms with Gasteiger partial charge in [-0.1, -0.05) is 12.1 Å². The van der Waals surface area contributed by atoms with Gasteiger partial charge in [-0.3, -0.25) is 0 Å². The van der Waals surface area contributed by atoms with E-state index in [-0.39, 0.29) is 0 Å². The molecule has 3 rings (SSSR count). The average molecular weight is 412 g/mol. The van der Waals surface area contributed by atoms with E-state index in [1.54, 1.807) is 24.3 Å². The molecule has 9 heteroatoms. The number of nitrogens with zero attached hydrogens (tertiary/aromatic N) is 1. The fraction of sp³-hybridized carbons (Fsp3) is 0.316. The predicted molar refractivity (Wildman–Crippen MR) is 102 cm³/mol. The summed E-state index contributed by atoms with van der Waals surface area (Å²) in [6.07, 6.45) is -4.43. The third-order valence-electron chi connectivity index (χ3n) is 4.30. The van der Waals surface area contributed by atoms with Crippen LogP contribution in [0.3, 0.4) is 0 Å². The molecule has 2 amide bonds. The molecule has 1 fully saturated rings. The first-order valence-electron chi connectivity index (χ1n) is 8.42. The highest BCUT2D eigenvalue weighted by Gasteiger charge is 2.34. The van der Waals surface area contributed by atoms with E-state index in [9.17, 15) is 18.0 Å². The Hall–Kier alpha value is -2.55. The zero-order valence-electron chi connectivity index (χ0n) is 15.2. The lowest BCUT2D eigenvalue weighted by molar-refractivity contribution is -0.137. The van der Waals surface area contributed by atoms with E-state index in [1.807, 2.05) is 0 Å². The smallest absolute Gasteiger partial charge is 0.416 e. The first-order chi connectivity index (χ1) is 13.3. The SMILES string of the molecule is COc1ccc(NC(=O)N2CCS[C@H]2c2cccc(C(F)(F)F)c2)c(OC)c1. The quantitative estimate of drug-likeness (QED) is 0.768. The minimum atomic E-state index is -4.43. The maximum atomic E-state index is 13.0. The van der Waals surface area contributed by atoms with Crippen molar-refractivity contribution in [3.63, 3.8) is 0 Å². The highest BCUT2D eigenvalue weighted by atomic mass is 32.2. The maximum absolute atomic E-state index is 13.0. The van der Waals surface area contributed by atoms with Gasteiger partial charge in [0.25, 0.3) is 0 Å². The molecular weight excluding hydrogens is 393 g/mol. The number of methoxy groups -OCH3 is 2. The lowest BCUT2D eigenvalue weighted by Crippen LogP contribution is -2.34. The van der Waals surface area contributed by atoms with Crippen molar-refractivity contribution >= 4 is 23.5 Å². The van der Waals surface area contributed by atoms with Crippen molar-refractivity contribution in [3.05, 3.63) is 53.6 Å². The fourth-order valence-electron chi connectivity index (χ4n) is 2.91. The van der Waals surface area contributed by atoms with Crippen LogP contribution in [0.4, 0.5) is 23.7 Å². The van der Waals surface area contributed by atoms with Crippen LogP contribution in [0.1, 0.15) is 16.5 Å². The number of rotatable bonds is 4. The first-order valence-corrected chi connectivity index (χ1v) is 9.47. The number of urea groups is 1. The second-order valence-corrected chi connectivity index (χ2v) is 7.22. The topological polar surface area (TPSA) is 50.8 Å². The molecule has 1 aliphatic rings. The van der Waals surface area contributed by atoms with E-state index in [0.717, 1.165) is 12.1 Å². The molecule has 1 atom stereocenters. The highest BCUT2D eigenvalue weighted by molar-refractivity contribution is 7.99. The van der Waals surface area contributed by atoms with E-state index in [4.69, 9.17) is 9.47 Å². The molecule has 28 heavy (non-hydrogen) atoms. The zero-order chi connectivity index (χ0) is 20.3. The molecule has 1 N–H and O–H groups in total. The number of nitrogens with one attached hydrogen (secondary N) is 1. The Balaban J connectivity index is 1.81. The van der Waals surface area contributed by atoms with Gasteiger partial charge in [-0.25, -0.2) is 4.79 Å². The summed E-state index contributed by atoms with van der Waals surface area (Å²) in [4.78, 5) is 14.3. The van der Waals surface area contributed by atoms with Gasteiger partial charge in [-0.15, -0.1) is 11.8 Å². The first kappa shape index (κ1) is 20.2. The average Bonchev–Trinajstić information content (AvgIpc) is 3.17. The van der Waals surface area contributed by atoms with Crippen molar-refractivity contribution in [3.8, 4) is 11.5 Å². The number of carbonyl (C=O) groups is 1. The Labute approximate surface area is 164 Å². The number of hydrogen-bond donors (Lipinski definition) is 1. The van der Waals surface area contributed by atoms with Gasteiger partial charge in [0.2, 0.25) is 0 Å². The van der Waals surface area contributed by atoms with Crippen LogP contribution in [-0.4, -0.2) is 37.4 Å². The Morgan fingerprint density at radius 1 is 1.18 bits per heavy atom. The molecular formula is C19H19F3N2O3S. The molecule has 0 bridgehead atoms. The molecule has 150 valence electrons. The molecule has 5 nitrogen and oxygen atoms in total. The Bertz CT molecular complexity index is 861. The van der Waals surface area contributed by atoms with Gasteiger partial charge in [-0.05, 0) is 29.8 Å². The Kier molecular flexibility index (Phi) is 5.93. The Morgan fingerprint density at radius 2 is 1.96 bits per heavy atom. The summed E-state index contributed by atoms with van der Waals surface area (Å²) in [5.41, 5.74) is 0.164. The van der Waals surface area contributed by atoms with E-state index >= 15 is 0 Å². The van der Waals surface area contributed by atoms with Gasteiger partial charge >= 0.3 is 12.2 Å². The molecule has 0 aromatic heterocycles. The third kappa shape index (κ3) is 4.30. The van der Waals surface area contributed by atoms with Crippen LogP contribution in [0.2, 0.25) is 0 Å². The van der Waals surface area contributed by atoms with E-state index in [1.165, 1.54) is 36.9 Å². The predicted octanol–water partition coefficient (Wildman–Crippen LogP) is 5.00. The number of thioether (sulfide) groups is 1. The number of carbonyl (C=O) groups excluding carboxylic acids is 1. The number of ether oxygens (including phenoxy) is 2. The number of hydrogen-bond acceptors (Lipinski definition) is 4. The van der Waals surface area contributed by atoms with Crippen LogP contribution in [0.15, 0.2) is 42.5 Å². The third-order valence-corrected chi connectivity index (χ3v) is 5.56.